The Morgan fingerprint density at radius 3 is 2.53 bits per heavy atom. The lowest BCUT2D eigenvalue weighted by molar-refractivity contribution is -0.116. The number of nitrogens with two attached hydrogens (primary N) is 1. The molecule has 0 unspecified atom stereocenters. The molecule has 0 aliphatic carbocycles. The predicted molar refractivity (Wildman–Crippen MR) is 80.9 cm³/mol. The van der Waals surface area contributed by atoms with E-state index < -0.39 is 0 Å². The number of nitrogens with one attached hydrogen (secondary N) is 1. The zero-order valence-electron chi connectivity index (χ0n) is 11.9. The number of hydrogen-bond donors (Lipinski definition) is 2. The summed E-state index contributed by atoms with van der Waals surface area (Å²) in [4.78, 5) is 11.5. The standard InChI is InChI=1S/C16H24N2O/c1-13(2)15-8-5-14(6-9-15)7-10-16(19)18-12-4-3-11-17/h5-10,13H,3-4,11-12,17H2,1-2H3,(H,18,19)/b10-7+. The molecule has 19 heavy (non-hydrogen) atoms. The Morgan fingerprint density at radius 2 is 1.95 bits per heavy atom. The average Bonchev–Trinajstić information content (AvgIpc) is 2.42. The number of amides is 1. The monoisotopic (exact) mass is 260 g/mol. The largest absolute Gasteiger partial charge is 0.353 e. The zero-order chi connectivity index (χ0) is 14.1. The average molecular weight is 260 g/mol. The Hall–Kier alpha value is -1.61. The molecule has 0 atom stereocenters. The van der Waals surface area contributed by atoms with Crippen LogP contribution in [0.25, 0.3) is 6.08 Å². The lowest BCUT2D eigenvalue weighted by atomic mass is 10.0. The topological polar surface area (TPSA) is 55.1 Å². The number of carbonyl (C=O) groups is 1. The van der Waals surface area contributed by atoms with Gasteiger partial charge in [0.05, 0.1) is 0 Å². The fourth-order valence-electron chi connectivity index (χ4n) is 1.70. The molecule has 3 N–H and O–H groups in total. The molecule has 1 rings (SSSR count). The van der Waals surface area contributed by atoms with Gasteiger partial charge in [-0.1, -0.05) is 38.1 Å². The van der Waals surface area contributed by atoms with Crippen LogP contribution in [-0.2, 0) is 4.79 Å². The SMILES string of the molecule is CC(C)c1ccc(/C=C/C(=O)NCCCCN)cc1. The van der Waals surface area contributed by atoms with E-state index >= 15 is 0 Å². The van der Waals surface area contributed by atoms with Crippen molar-refractivity contribution < 1.29 is 4.79 Å². The Labute approximate surface area is 115 Å². The van der Waals surface area contributed by atoms with Gasteiger partial charge in [-0.15, -0.1) is 0 Å². The van der Waals surface area contributed by atoms with Crippen molar-refractivity contribution in [3.8, 4) is 0 Å². The number of unbranched alkanes of at least 4 members (excludes halogenated alkanes) is 1. The molecular formula is C16H24N2O. The van der Waals surface area contributed by atoms with Crippen molar-refractivity contribution in [3.63, 3.8) is 0 Å². The normalized spacial score (nSPS) is 11.2. The smallest absolute Gasteiger partial charge is 0.243 e. The molecule has 3 heteroatoms. The molecule has 0 radical (unpaired) electrons. The minimum Gasteiger partial charge on any atom is -0.353 e. The molecule has 1 aromatic carbocycles. The van der Waals surface area contributed by atoms with Crippen molar-refractivity contribution in [1.29, 1.82) is 0 Å². The second kappa shape index (κ2) is 8.48. The summed E-state index contributed by atoms with van der Waals surface area (Å²) in [7, 11) is 0. The fourth-order valence-corrected chi connectivity index (χ4v) is 1.70. The lowest BCUT2D eigenvalue weighted by Crippen LogP contribution is -2.22. The summed E-state index contributed by atoms with van der Waals surface area (Å²) in [6.45, 7) is 5.69. The van der Waals surface area contributed by atoms with Crippen LogP contribution in [0.5, 0.6) is 0 Å². The van der Waals surface area contributed by atoms with Gasteiger partial charge >= 0.3 is 0 Å². The quantitative estimate of drug-likeness (QED) is 0.585. The van der Waals surface area contributed by atoms with Gasteiger partial charge in [-0.25, -0.2) is 0 Å². The molecule has 0 aliphatic heterocycles. The molecule has 0 spiro atoms. The molecule has 104 valence electrons. The second-order valence-electron chi connectivity index (χ2n) is 4.94. The maximum Gasteiger partial charge on any atom is 0.243 e. The third-order valence-electron chi connectivity index (χ3n) is 2.96. The Morgan fingerprint density at radius 1 is 1.26 bits per heavy atom. The third-order valence-corrected chi connectivity index (χ3v) is 2.96. The van der Waals surface area contributed by atoms with E-state index in [0.717, 1.165) is 18.4 Å². The third kappa shape index (κ3) is 6.20. The van der Waals surface area contributed by atoms with Gasteiger partial charge in [-0.2, -0.15) is 0 Å². The summed E-state index contributed by atoms with van der Waals surface area (Å²) >= 11 is 0. The minimum absolute atomic E-state index is 0.0510. The van der Waals surface area contributed by atoms with E-state index in [1.54, 1.807) is 6.08 Å². The van der Waals surface area contributed by atoms with Gasteiger partial charge < -0.3 is 11.1 Å². The van der Waals surface area contributed by atoms with Crippen molar-refractivity contribution in [2.24, 2.45) is 5.73 Å². The molecule has 3 nitrogen and oxygen atoms in total. The van der Waals surface area contributed by atoms with Crippen LogP contribution < -0.4 is 11.1 Å². The summed E-state index contributed by atoms with van der Waals surface area (Å²) in [5, 5.41) is 2.84. The molecule has 0 aliphatic rings. The van der Waals surface area contributed by atoms with Gasteiger partial charge in [0.1, 0.15) is 0 Å². The molecule has 0 heterocycles. The summed E-state index contributed by atoms with van der Waals surface area (Å²) < 4.78 is 0. The van der Waals surface area contributed by atoms with Crippen LogP contribution in [0.2, 0.25) is 0 Å². The van der Waals surface area contributed by atoms with Crippen molar-refractivity contribution in [3.05, 3.63) is 41.5 Å². The molecule has 0 bridgehead atoms. The molecule has 0 saturated carbocycles. The van der Waals surface area contributed by atoms with Gasteiger partial charge in [0.15, 0.2) is 0 Å². The number of hydrogen-bond acceptors (Lipinski definition) is 2. The van der Waals surface area contributed by atoms with E-state index in [4.69, 9.17) is 5.73 Å². The van der Waals surface area contributed by atoms with E-state index in [2.05, 4.69) is 31.3 Å². The van der Waals surface area contributed by atoms with E-state index in [-0.39, 0.29) is 5.91 Å². The first kappa shape index (κ1) is 15.4. The van der Waals surface area contributed by atoms with Gasteiger partial charge in [0, 0.05) is 12.6 Å². The Kier molecular flexibility index (Phi) is 6.90. The van der Waals surface area contributed by atoms with E-state index in [1.807, 2.05) is 18.2 Å². The maximum absolute atomic E-state index is 11.5. The predicted octanol–water partition coefficient (Wildman–Crippen LogP) is 2.68. The van der Waals surface area contributed by atoms with Crippen LogP contribution in [-0.4, -0.2) is 19.0 Å². The first-order valence-electron chi connectivity index (χ1n) is 6.89. The number of benzene rings is 1. The molecule has 0 aromatic heterocycles. The van der Waals surface area contributed by atoms with E-state index in [0.29, 0.717) is 19.0 Å². The van der Waals surface area contributed by atoms with Crippen LogP contribution >= 0.6 is 0 Å². The van der Waals surface area contributed by atoms with Gasteiger partial charge in [0.2, 0.25) is 5.91 Å². The van der Waals surface area contributed by atoms with Gasteiger partial charge in [-0.3, -0.25) is 4.79 Å². The van der Waals surface area contributed by atoms with Crippen LogP contribution in [0, 0.1) is 0 Å². The summed E-state index contributed by atoms with van der Waals surface area (Å²) in [5.74, 6) is 0.480. The summed E-state index contributed by atoms with van der Waals surface area (Å²) in [6, 6.07) is 8.27. The first-order valence-corrected chi connectivity index (χ1v) is 6.89. The van der Waals surface area contributed by atoms with Crippen molar-refractivity contribution >= 4 is 12.0 Å². The molecule has 0 fully saturated rings. The highest BCUT2D eigenvalue weighted by Crippen LogP contribution is 2.15. The van der Waals surface area contributed by atoms with Crippen LogP contribution in [0.4, 0.5) is 0 Å². The highest BCUT2D eigenvalue weighted by Gasteiger charge is 1.98. The summed E-state index contributed by atoms with van der Waals surface area (Å²) in [6.07, 6.45) is 5.29. The zero-order valence-corrected chi connectivity index (χ0v) is 11.9. The van der Waals surface area contributed by atoms with E-state index in [9.17, 15) is 4.79 Å². The second-order valence-corrected chi connectivity index (χ2v) is 4.94. The van der Waals surface area contributed by atoms with Crippen molar-refractivity contribution in [2.75, 3.05) is 13.1 Å². The molecule has 1 amide bonds. The van der Waals surface area contributed by atoms with Crippen LogP contribution in [0.3, 0.4) is 0 Å². The molecular weight excluding hydrogens is 236 g/mol. The van der Waals surface area contributed by atoms with Crippen molar-refractivity contribution in [2.45, 2.75) is 32.6 Å². The molecule has 0 saturated heterocycles. The van der Waals surface area contributed by atoms with Gasteiger partial charge in [0.25, 0.3) is 0 Å². The molecule has 1 aromatic rings. The number of rotatable bonds is 7. The Balaban J connectivity index is 2.40. The van der Waals surface area contributed by atoms with Crippen LogP contribution in [0.15, 0.2) is 30.3 Å². The highest BCUT2D eigenvalue weighted by atomic mass is 16.1. The number of carbonyl (C=O) groups excluding carboxylic acids is 1. The summed E-state index contributed by atoms with van der Waals surface area (Å²) in [5.41, 5.74) is 7.74. The lowest BCUT2D eigenvalue weighted by Gasteiger charge is -2.04. The minimum atomic E-state index is -0.0510. The maximum atomic E-state index is 11.5. The van der Waals surface area contributed by atoms with Gasteiger partial charge in [-0.05, 0) is 42.5 Å². The van der Waals surface area contributed by atoms with Crippen LogP contribution in [0.1, 0.15) is 43.7 Å². The highest BCUT2D eigenvalue weighted by molar-refractivity contribution is 5.91. The Bertz CT molecular complexity index is 407. The fraction of sp³-hybridized carbons (Fsp3) is 0.438. The van der Waals surface area contributed by atoms with Crippen molar-refractivity contribution in [1.82, 2.24) is 5.32 Å². The van der Waals surface area contributed by atoms with E-state index in [1.165, 1.54) is 5.56 Å². The first-order chi connectivity index (χ1) is 9.13.